The summed E-state index contributed by atoms with van der Waals surface area (Å²) in [6, 6.07) is 0. The average molecular weight is 941 g/mol. The van der Waals surface area contributed by atoms with Crippen LogP contribution in [0, 0.1) is 50.2 Å². The second-order valence-electron chi connectivity index (χ2n) is 23.4. The first-order valence-corrected chi connectivity index (χ1v) is 24.1. The van der Waals surface area contributed by atoms with Crippen molar-refractivity contribution in [3.8, 4) is 0 Å². The number of rotatable bonds is 9. The van der Waals surface area contributed by atoms with Crippen molar-refractivity contribution in [3.05, 3.63) is 11.6 Å². The van der Waals surface area contributed by atoms with Gasteiger partial charge in [0.2, 0.25) is 0 Å². The molecule has 0 unspecified atom stereocenters. The number of hydrogen-bond acceptors (Lipinski definition) is 17. The maximum Gasteiger partial charge on any atom is 0.335 e. The molecule has 8 aliphatic rings. The summed E-state index contributed by atoms with van der Waals surface area (Å²) in [4.78, 5) is 26.2. The van der Waals surface area contributed by atoms with Gasteiger partial charge in [-0.2, -0.15) is 0 Å². The first-order valence-electron chi connectivity index (χ1n) is 24.1. The summed E-state index contributed by atoms with van der Waals surface area (Å²) in [5.41, 5.74) is -0.466. The van der Waals surface area contributed by atoms with E-state index in [1.807, 2.05) is 6.92 Å². The highest BCUT2D eigenvalue weighted by Crippen LogP contribution is 2.75. The number of aliphatic hydroxyl groups excluding tert-OH is 9. The molecular formula is C48H76O18. The summed E-state index contributed by atoms with van der Waals surface area (Å²) in [6.07, 6.45) is -17.4. The number of carbonyl (C=O) groups is 2. The van der Waals surface area contributed by atoms with Crippen LogP contribution in [0.25, 0.3) is 0 Å². The van der Waals surface area contributed by atoms with Gasteiger partial charge in [0.25, 0.3) is 0 Å². The minimum absolute atomic E-state index is 0.00548. The van der Waals surface area contributed by atoms with Crippen molar-refractivity contribution in [1.29, 1.82) is 0 Å². The predicted molar refractivity (Wildman–Crippen MR) is 230 cm³/mol. The van der Waals surface area contributed by atoms with Crippen LogP contribution < -0.4 is 0 Å². The molecule has 0 bridgehead atoms. The third kappa shape index (κ3) is 7.70. The number of aliphatic carboxylic acids is 1. The molecule has 376 valence electrons. The molecule has 8 rings (SSSR count). The Morgan fingerprint density at radius 1 is 0.697 bits per heavy atom. The molecular weight excluding hydrogens is 865 g/mol. The van der Waals surface area contributed by atoms with Gasteiger partial charge in [0.1, 0.15) is 67.3 Å². The van der Waals surface area contributed by atoms with Gasteiger partial charge in [0.05, 0.1) is 30.3 Å². The molecule has 3 heterocycles. The summed E-state index contributed by atoms with van der Waals surface area (Å²) in [7, 11) is 0. The van der Waals surface area contributed by atoms with Crippen LogP contribution in [-0.2, 0) is 38.0 Å². The molecule has 0 aromatic heterocycles. The number of carbonyl (C=O) groups excluding carboxylic acids is 1. The van der Waals surface area contributed by atoms with E-state index in [2.05, 4.69) is 47.6 Å². The van der Waals surface area contributed by atoms with Crippen molar-refractivity contribution in [3.63, 3.8) is 0 Å². The highest BCUT2D eigenvalue weighted by Gasteiger charge is 2.70. The fraction of sp³-hybridized carbons (Fsp3) is 0.917. The topological polar surface area (TPSA) is 292 Å². The van der Waals surface area contributed by atoms with Gasteiger partial charge in [-0.3, -0.25) is 0 Å². The minimum Gasteiger partial charge on any atom is -0.479 e. The Morgan fingerprint density at radius 3 is 1.97 bits per heavy atom. The fourth-order valence-electron chi connectivity index (χ4n) is 15.0. The molecule has 0 amide bonds. The van der Waals surface area contributed by atoms with E-state index >= 15 is 0 Å². The molecule has 3 saturated heterocycles. The standard InChI is InChI=1S/C48H76O18/c1-21-29(52)31(54)35(58)40(61-21)65-37-32(55)30(53)24(19-49)62-41(37)66-38-34(57)33(56)36(39(59)60)64-42(38)63-28-12-13-45(5)25(46(28,6)20-50)11-14-48(8)26(45)10-9-22-23-17-43(2,3)18-27(51)44(23,4)15-16-47(22,48)7/h9,20-21,23-38,40-42,49,51-58H,10-19H2,1-8H3,(H,59,60)/t21-,23-,24+,25+,26+,27+,28-,29-,30-,31+,32-,33-,34-,35+,36-,37+,38+,40-,41-,42+,44+,45-,46+,47+,48+/m0/s1. The highest BCUT2D eigenvalue weighted by molar-refractivity contribution is 5.73. The number of carboxylic acids is 1. The molecule has 10 N–H and O–H groups in total. The monoisotopic (exact) mass is 941 g/mol. The molecule has 18 heteroatoms. The molecule has 0 aromatic rings. The van der Waals surface area contributed by atoms with Gasteiger partial charge in [0, 0.05) is 5.41 Å². The Bertz CT molecular complexity index is 1850. The fourth-order valence-corrected chi connectivity index (χ4v) is 15.0. The van der Waals surface area contributed by atoms with Gasteiger partial charge in [-0.1, -0.05) is 60.1 Å². The van der Waals surface area contributed by atoms with Crippen molar-refractivity contribution in [2.75, 3.05) is 6.61 Å². The van der Waals surface area contributed by atoms with Crippen LogP contribution in [0.3, 0.4) is 0 Å². The minimum atomic E-state index is -2.09. The third-order valence-electron chi connectivity index (χ3n) is 19.3. The van der Waals surface area contributed by atoms with Gasteiger partial charge in [-0.25, -0.2) is 4.79 Å². The largest absolute Gasteiger partial charge is 0.479 e. The number of aliphatic hydroxyl groups is 9. The Labute approximate surface area is 386 Å². The number of carboxylic acid groups (broad SMARTS) is 1. The van der Waals surface area contributed by atoms with Crippen LogP contribution in [0.1, 0.15) is 113 Å². The van der Waals surface area contributed by atoms with Gasteiger partial charge >= 0.3 is 5.97 Å². The smallest absolute Gasteiger partial charge is 0.335 e. The lowest BCUT2D eigenvalue weighted by Crippen LogP contribution is -2.68. The number of hydrogen-bond donors (Lipinski definition) is 10. The lowest BCUT2D eigenvalue weighted by molar-refractivity contribution is -0.395. The van der Waals surface area contributed by atoms with Crippen LogP contribution in [0.5, 0.6) is 0 Å². The third-order valence-corrected chi connectivity index (χ3v) is 19.3. The van der Waals surface area contributed by atoms with Crippen molar-refractivity contribution in [1.82, 2.24) is 0 Å². The van der Waals surface area contributed by atoms with E-state index in [-0.39, 0.29) is 50.9 Å². The zero-order valence-electron chi connectivity index (χ0n) is 39.5. The molecule has 5 aliphatic carbocycles. The van der Waals surface area contributed by atoms with E-state index in [4.69, 9.17) is 28.4 Å². The lowest BCUT2D eigenvalue weighted by atomic mass is 9.33. The zero-order valence-corrected chi connectivity index (χ0v) is 39.5. The Kier molecular flexibility index (Phi) is 13.5. The van der Waals surface area contributed by atoms with E-state index in [0.717, 1.165) is 44.8 Å². The maximum absolute atomic E-state index is 13.7. The second kappa shape index (κ2) is 17.5. The molecule has 18 nitrogen and oxygen atoms in total. The Balaban J connectivity index is 1.08. The molecule has 0 spiro atoms. The summed E-state index contributed by atoms with van der Waals surface area (Å²) in [5.74, 6) is -1.36. The zero-order chi connectivity index (χ0) is 48.4. The predicted octanol–water partition coefficient (Wildman–Crippen LogP) is 0.911. The van der Waals surface area contributed by atoms with Gasteiger partial charge in [0.15, 0.2) is 25.0 Å². The van der Waals surface area contributed by atoms with Crippen LogP contribution in [0.2, 0.25) is 0 Å². The number of aldehydes is 1. The second-order valence-corrected chi connectivity index (χ2v) is 23.4. The van der Waals surface area contributed by atoms with E-state index in [1.165, 1.54) is 12.5 Å². The normalized spacial score (nSPS) is 55.9. The summed E-state index contributed by atoms with van der Waals surface area (Å²) < 4.78 is 36.0. The average Bonchev–Trinajstić information content (AvgIpc) is 3.25. The highest BCUT2D eigenvalue weighted by atomic mass is 16.8. The van der Waals surface area contributed by atoms with Crippen molar-refractivity contribution in [2.45, 2.75) is 218 Å². The van der Waals surface area contributed by atoms with E-state index in [1.54, 1.807) is 0 Å². The first kappa shape index (κ1) is 50.7. The Morgan fingerprint density at radius 2 is 1.33 bits per heavy atom. The van der Waals surface area contributed by atoms with Gasteiger partial charge in [-0.15, -0.1) is 0 Å². The van der Waals surface area contributed by atoms with Crippen LogP contribution >= 0.6 is 0 Å². The SMILES string of the molecule is C[C@@H]1O[C@@H](O[C@H]2[C@H](O[C@H]3[C@H](O[C@H]4CC[C@]5(C)[C@H]6CC=C7[C@@H]8CC(C)(C)C[C@@H](O)[C@]8(C)CC[C@@]7(C)[C@]6(C)CC[C@H]5[C@@]4(C)C=O)O[C@H](C(=O)O)[C@@H](O)[C@@H]3O)O[C@H](CO)[C@H](O)[C@@H]2O)[C@H](O)[C@H](O)[C@H]1O. The lowest BCUT2D eigenvalue weighted by Gasteiger charge is -2.71. The maximum atomic E-state index is 13.7. The van der Waals surface area contributed by atoms with Crippen LogP contribution in [0.15, 0.2) is 11.6 Å². The molecule has 3 aliphatic heterocycles. The quantitative estimate of drug-likeness (QED) is 0.0873. The molecule has 4 saturated carbocycles. The summed E-state index contributed by atoms with van der Waals surface area (Å²) >= 11 is 0. The molecule has 66 heavy (non-hydrogen) atoms. The van der Waals surface area contributed by atoms with Crippen molar-refractivity contribution in [2.24, 2.45) is 50.2 Å². The summed E-state index contributed by atoms with van der Waals surface area (Å²) in [5, 5.41) is 108. The molecule has 7 fully saturated rings. The molecule has 25 atom stereocenters. The first-order chi connectivity index (χ1) is 30.7. The van der Waals surface area contributed by atoms with Crippen LogP contribution in [0.4, 0.5) is 0 Å². The molecule has 0 radical (unpaired) electrons. The van der Waals surface area contributed by atoms with E-state index < -0.39 is 116 Å². The van der Waals surface area contributed by atoms with Gasteiger partial charge < -0.3 is 84.3 Å². The number of fused-ring (bicyclic) bond motifs is 7. The molecule has 0 aromatic carbocycles. The van der Waals surface area contributed by atoms with Crippen molar-refractivity contribution >= 4 is 12.3 Å². The van der Waals surface area contributed by atoms with E-state index in [0.29, 0.717) is 19.3 Å². The Hall–Kier alpha value is -1.72. The number of ether oxygens (including phenoxy) is 6. The number of allylic oxidation sites excluding steroid dienone is 2. The van der Waals surface area contributed by atoms with Crippen LogP contribution in [-0.4, -0.2) is 174 Å². The van der Waals surface area contributed by atoms with Crippen molar-refractivity contribution < 1.29 is 89.1 Å². The van der Waals surface area contributed by atoms with Gasteiger partial charge in [-0.05, 0) is 104 Å². The summed E-state index contributed by atoms with van der Waals surface area (Å²) in [6.45, 7) is 16.4. The van der Waals surface area contributed by atoms with E-state index in [9.17, 15) is 60.7 Å².